The number of hydrogen-bond acceptors (Lipinski definition) is 10. The smallest absolute Gasteiger partial charge is 0.373 e. The van der Waals surface area contributed by atoms with Crippen molar-refractivity contribution in [1.82, 2.24) is 5.32 Å². The van der Waals surface area contributed by atoms with E-state index in [0.29, 0.717) is 55.6 Å². The predicted octanol–water partition coefficient (Wildman–Crippen LogP) is 5.81. The number of methoxy groups -OCH3 is 2. The summed E-state index contributed by atoms with van der Waals surface area (Å²) in [6.45, 7) is 1.69. The number of amides is 1. The monoisotopic (exact) mass is 633 g/mol. The van der Waals surface area contributed by atoms with Crippen LogP contribution < -0.4 is 10.1 Å². The van der Waals surface area contributed by atoms with Gasteiger partial charge in [0, 0.05) is 30.7 Å². The fraction of sp³-hybridized carbons (Fsp3) is 0.371. The second-order valence-electron chi connectivity index (χ2n) is 11.1. The molecule has 0 bridgehead atoms. The van der Waals surface area contributed by atoms with Gasteiger partial charge in [0.2, 0.25) is 11.7 Å². The van der Waals surface area contributed by atoms with Gasteiger partial charge in [0.25, 0.3) is 0 Å². The van der Waals surface area contributed by atoms with Crippen LogP contribution in [0, 0.1) is 0 Å². The number of phenols is 2. The number of Topliss-reactive ketones (excluding diaryl/α,β-unsaturated/α-hetero) is 1. The number of nitrogens with one attached hydrogen (secondary N) is 1. The summed E-state index contributed by atoms with van der Waals surface area (Å²) in [5, 5.41) is 25.7. The largest absolute Gasteiger partial charge is 0.507 e. The molecule has 2 heterocycles. The van der Waals surface area contributed by atoms with Gasteiger partial charge in [0.15, 0.2) is 0 Å². The Kier molecular flexibility index (Phi) is 11.6. The summed E-state index contributed by atoms with van der Waals surface area (Å²) in [6, 6.07) is 11.1. The fourth-order valence-corrected chi connectivity index (χ4v) is 5.37. The highest BCUT2D eigenvalue weighted by Gasteiger charge is 2.31. The zero-order chi connectivity index (χ0) is 33.2. The average molecular weight is 634 g/mol. The molecule has 0 saturated carbocycles. The quantitative estimate of drug-likeness (QED) is 0.258. The van der Waals surface area contributed by atoms with Crippen molar-refractivity contribution in [2.24, 2.45) is 0 Å². The van der Waals surface area contributed by atoms with Crippen molar-refractivity contribution in [2.45, 2.75) is 70.4 Å². The van der Waals surface area contributed by atoms with Gasteiger partial charge in [-0.3, -0.25) is 9.59 Å². The Hall–Kier alpha value is -5.06. The van der Waals surface area contributed by atoms with Crippen molar-refractivity contribution < 1.29 is 48.0 Å². The molecule has 3 N–H and O–H groups in total. The van der Waals surface area contributed by atoms with Crippen LogP contribution in [0.4, 0.5) is 0 Å². The van der Waals surface area contributed by atoms with Crippen LogP contribution in [0.3, 0.4) is 0 Å². The normalized spacial score (nSPS) is 17.2. The van der Waals surface area contributed by atoms with Crippen LogP contribution >= 0.6 is 0 Å². The molecular weight excluding hydrogens is 594 g/mol. The third-order valence-corrected chi connectivity index (χ3v) is 7.82. The molecule has 46 heavy (non-hydrogen) atoms. The number of ether oxygens (including phenoxy) is 3. The summed E-state index contributed by atoms with van der Waals surface area (Å²) in [6.07, 6.45) is 5.72. The van der Waals surface area contributed by atoms with E-state index in [2.05, 4.69) is 10.1 Å². The molecule has 1 aliphatic heterocycles. The first-order chi connectivity index (χ1) is 22.1. The first-order valence-electron chi connectivity index (χ1n) is 15.2. The molecule has 2 atom stereocenters. The Balaban J connectivity index is 1.71. The third kappa shape index (κ3) is 8.56. The van der Waals surface area contributed by atoms with Crippen molar-refractivity contribution >= 4 is 29.7 Å². The van der Waals surface area contributed by atoms with E-state index in [1.54, 1.807) is 43.3 Å². The summed E-state index contributed by atoms with van der Waals surface area (Å²) in [5.74, 6) is -2.57. The second kappa shape index (κ2) is 15.8. The van der Waals surface area contributed by atoms with Crippen LogP contribution in [0.2, 0.25) is 0 Å². The molecule has 1 aliphatic rings. The molecule has 244 valence electrons. The van der Waals surface area contributed by atoms with Crippen LogP contribution in [-0.4, -0.2) is 54.2 Å². The number of hydrogen-bond donors (Lipinski definition) is 3. The molecule has 1 amide bonds. The lowest BCUT2D eigenvalue weighted by Crippen LogP contribution is -2.25. The molecule has 3 aromatic rings. The van der Waals surface area contributed by atoms with Crippen molar-refractivity contribution in [3.05, 3.63) is 82.3 Å². The molecule has 1 aromatic heterocycles. The number of phenolic OH excluding ortho intramolecular Hbond substituents is 2. The number of esters is 2. The number of fused-ring (bicyclic) bond motifs is 1. The first-order valence-corrected chi connectivity index (χ1v) is 15.2. The Morgan fingerprint density at radius 2 is 1.78 bits per heavy atom. The number of rotatable bonds is 8. The van der Waals surface area contributed by atoms with E-state index >= 15 is 0 Å². The maximum atomic E-state index is 13.5. The van der Waals surface area contributed by atoms with Crippen LogP contribution in [0.1, 0.15) is 101 Å². The summed E-state index contributed by atoms with van der Waals surface area (Å²) < 4.78 is 21.0. The molecule has 0 aliphatic carbocycles. The predicted molar refractivity (Wildman–Crippen MR) is 168 cm³/mol. The van der Waals surface area contributed by atoms with Crippen LogP contribution in [0.25, 0.3) is 6.08 Å². The van der Waals surface area contributed by atoms with Gasteiger partial charge in [-0.2, -0.15) is 0 Å². The molecule has 0 fully saturated rings. The molecule has 11 nitrogen and oxygen atoms in total. The maximum Gasteiger partial charge on any atom is 0.373 e. The van der Waals surface area contributed by atoms with Crippen molar-refractivity contribution in [3.63, 3.8) is 0 Å². The zero-order valence-corrected chi connectivity index (χ0v) is 26.2. The number of ketones is 1. The maximum absolute atomic E-state index is 13.5. The molecule has 2 aromatic carbocycles. The summed E-state index contributed by atoms with van der Waals surface area (Å²) in [5.41, 5.74) is 0.662. The minimum atomic E-state index is -0.897. The number of benzene rings is 2. The lowest BCUT2D eigenvalue weighted by molar-refractivity contribution is -0.121. The molecule has 4 rings (SSSR count). The van der Waals surface area contributed by atoms with E-state index < -0.39 is 35.6 Å². The lowest BCUT2D eigenvalue weighted by Gasteiger charge is -2.23. The Morgan fingerprint density at radius 1 is 1.04 bits per heavy atom. The topological polar surface area (TPSA) is 162 Å². The average Bonchev–Trinajstić information content (AvgIpc) is 3.51. The Labute approximate surface area is 267 Å². The van der Waals surface area contributed by atoms with E-state index in [-0.39, 0.29) is 46.9 Å². The standard InChI is InChI=1S/C35H39NO10/c1-21-8-7-11-24(37)10-6-4-5-9-23-18-28(38)32(33(40)31(23)35(42)45-21)27(22-12-14-25(43-2)15-13-22)19-30(39)36-20-26-16-17-29(46-26)34(41)44-3/h5,9,12-18,21,27,38,40H,4,6-8,10-11,19-20H2,1-3H3,(H,36,39)/b9-5+/t21-,27?/m0/s1. The molecule has 0 spiro atoms. The van der Waals surface area contributed by atoms with Gasteiger partial charge in [-0.15, -0.1) is 0 Å². The highest BCUT2D eigenvalue weighted by atomic mass is 16.5. The third-order valence-electron chi connectivity index (χ3n) is 7.82. The molecule has 11 heteroatoms. The molecule has 0 radical (unpaired) electrons. The number of carbonyl (C=O) groups excluding carboxylic acids is 4. The van der Waals surface area contributed by atoms with Crippen molar-refractivity contribution in [2.75, 3.05) is 14.2 Å². The highest BCUT2D eigenvalue weighted by Crippen LogP contribution is 2.44. The van der Waals surface area contributed by atoms with E-state index in [1.165, 1.54) is 32.4 Å². The first kappa shape index (κ1) is 33.8. The van der Waals surface area contributed by atoms with Gasteiger partial charge >= 0.3 is 11.9 Å². The van der Waals surface area contributed by atoms with Gasteiger partial charge in [-0.05, 0) is 74.1 Å². The molecular formula is C35H39NO10. The van der Waals surface area contributed by atoms with E-state index in [9.17, 15) is 29.4 Å². The van der Waals surface area contributed by atoms with Crippen LogP contribution in [0.5, 0.6) is 17.2 Å². The SMILES string of the molecule is COC(=O)c1ccc(CNC(=O)CC(c2ccc(OC)cc2)c2c(O)cc3c(c2O)C(=O)O[C@@H](C)CCCC(=O)CCC/C=C/3)o1. The lowest BCUT2D eigenvalue weighted by atomic mass is 9.84. The number of cyclic esters (lactones) is 1. The fourth-order valence-electron chi connectivity index (χ4n) is 5.37. The van der Waals surface area contributed by atoms with Gasteiger partial charge < -0.3 is 34.2 Å². The van der Waals surface area contributed by atoms with Gasteiger partial charge in [-0.1, -0.05) is 24.3 Å². The van der Waals surface area contributed by atoms with Gasteiger partial charge in [0.05, 0.1) is 26.9 Å². The van der Waals surface area contributed by atoms with Gasteiger partial charge in [-0.25, -0.2) is 9.59 Å². The highest BCUT2D eigenvalue weighted by molar-refractivity contribution is 5.98. The number of allylic oxidation sites excluding steroid dienone is 1. The van der Waals surface area contributed by atoms with Crippen molar-refractivity contribution in [3.8, 4) is 17.2 Å². The van der Waals surface area contributed by atoms with Crippen molar-refractivity contribution in [1.29, 1.82) is 0 Å². The zero-order valence-electron chi connectivity index (χ0n) is 26.2. The van der Waals surface area contributed by atoms with E-state index in [0.717, 1.165) is 0 Å². The number of carbonyl (C=O) groups is 4. The van der Waals surface area contributed by atoms with Crippen LogP contribution in [-0.2, 0) is 25.6 Å². The Bertz CT molecular complexity index is 1590. The summed E-state index contributed by atoms with van der Waals surface area (Å²) in [4.78, 5) is 50.7. The minimum absolute atomic E-state index is 0.00812. The van der Waals surface area contributed by atoms with E-state index in [4.69, 9.17) is 13.9 Å². The van der Waals surface area contributed by atoms with E-state index in [1.807, 2.05) is 0 Å². The van der Waals surface area contributed by atoms with Gasteiger partial charge in [0.1, 0.15) is 34.4 Å². The Morgan fingerprint density at radius 3 is 2.50 bits per heavy atom. The summed E-state index contributed by atoms with van der Waals surface area (Å²) >= 11 is 0. The minimum Gasteiger partial charge on any atom is -0.507 e. The summed E-state index contributed by atoms with van der Waals surface area (Å²) in [7, 11) is 2.75. The second-order valence-corrected chi connectivity index (χ2v) is 11.1. The number of furan rings is 1. The number of aromatic hydroxyl groups is 2. The van der Waals surface area contributed by atoms with Crippen LogP contribution in [0.15, 0.2) is 53.0 Å². The molecule has 0 saturated heterocycles. The molecule has 1 unspecified atom stereocenters.